The van der Waals surface area contributed by atoms with Crippen molar-refractivity contribution in [3.63, 3.8) is 0 Å². The predicted octanol–water partition coefficient (Wildman–Crippen LogP) is 3.33. The molecule has 2 atom stereocenters. The summed E-state index contributed by atoms with van der Waals surface area (Å²) >= 11 is 0. The Morgan fingerprint density at radius 1 is 1.11 bits per heavy atom. The number of aliphatic hydroxyl groups excluding tert-OH is 1. The SMILES string of the molecule is CCCN(C1CC1)C1CC(O)CCC12CCCC2. The van der Waals surface area contributed by atoms with Gasteiger partial charge in [0.25, 0.3) is 0 Å². The van der Waals surface area contributed by atoms with Gasteiger partial charge in [-0.05, 0) is 63.3 Å². The van der Waals surface area contributed by atoms with Crippen molar-refractivity contribution in [1.29, 1.82) is 0 Å². The molecule has 104 valence electrons. The minimum Gasteiger partial charge on any atom is -0.393 e. The molecule has 2 nitrogen and oxygen atoms in total. The molecule has 0 amide bonds. The Morgan fingerprint density at radius 2 is 1.83 bits per heavy atom. The first-order valence-electron chi connectivity index (χ1n) is 8.19. The lowest BCUT2D eigenvalue weighted by Gasteiger charge is -2.49. The van der Waals surface area contributed by atoms with Gasteiger partial charge in [-0.1, -0.05) is 19.8 Å². The third-order valence-electron chi connectivity index (χ3n) is 5.68. The van der Waals surface area contributed by atoms with E-state index in [-0.39, 0.29) is 6.10 Å². The van der Waals surface area contributed by atoms with Crippen LogP contribution in [0.15, 0.2) is 0 Å². The molecule has 3 rings (SSSR count). The van der Waals surface area contributed by atoms with E-state index in [9.17, 15) is 5.11 Å². The maximum Gasteiger partial charge on any atom is 0.0555 e. The van der Waals surface area contributed by atoms with E-state index in [1.54, 1.807) is 0 Å². The van der Waals surface area contributed by atoms with Gasteiger partial charge in [0.05, 0.1) is 6.10 Å². The number of aliphatic hydroxyl groups is 1. The molecular weight excluding hydrogens is 222 g/mol. The standard InChI is InChI=1S/C16H29NO/c1-2-11-17(13-5-6-13)15-12-14(18)7-10-16(15)8-3-4-9-16/h13-15,18H,2-12H2,1H3. The van der Waals surface area contributed by atoms with Gasteiger partial charge in [0.15, 0.2) is 0 Å². The first-order chi connectivity index (χ1) is 8.75. The maximum atomic E-state index is 10.1. The highest BCUT2D eigenvalue weighted by Crippen LogP contribution is 2.52. The van der Waals surface area contributed by atoms with Gasteiger partial charge >= 0.3 is 0 Å². The fourth-order valence-corrected chi connectivity index (χ4v) is 4.65. The predicted molar refractivity (Wildman–Crippen MR) is 74.6 cm³/mol. The first kappa shape index (κ1) is 12.9. The molecule has 0 bridgehead atoms. The molecule has 0 aromatic rings. The van der Waals surface area contributed by atoms with Crippen LogP contribution >= 0.6 is 0 Å². The van der Waals surface area contributed by atoms with Crippen LogP contribution in [0.3, 0.4) is 0 Å². The second-order valence-electron chi connectivity index (χ2n) is 6.98. The molecule has 1 N–H and O–H groups in total. The molecule has 0 saturated heterocycles. The van der Waals surface area contributed by atoms with Crippen LogP contribution in [0, 0.1) is 5.41 Å². The lowest BCUT2D eigenvalue weighted by molar-refractivity contribution is -0.0300. The van der Waals surface area contributed by atoms with Crippen LogP contribution in [0.2, 0.25) is 0 Å². The minimum atomic E-state index is -0.0284. The monoisotopic (exact) mass is 251 g/mol. The number of hydrogen-bond acceptors (Lipinski definition) is 2. The summed E-state index contributed by atoms with van der Waals surface area (Å²) in [4.78, 5) is 2.80. The fourth-order valence-electron chi connectivity index (χ4n) is 4.65. The highest BCUT2D eigenvalue weighted by atomic mass is 16.3. The van der Waals surface area contributed by atoms with Crippen molar-refractivity contribution in [3.05, 3.63) is 0 Å². The quantitative estimate of drug-likeness (QED) is 0.828. The molecule has 0 aliphatic heterocycles. The van der Waals surface area contributed by atoms with Crippen molar-refractivity contribution < 1.29 is 5.11 Å². The van der Waals surface area contributed by atoms with Crippen molar-refractivity contribution in [2.45, 2.75) is 89.3 Å². The lowest BCUT2D eigenvalue weighted by atomic mass is 9.67. The van der Waals surface area contributed by atoms with E-state index < -0.39 is 0 Å². The van der Waals surface area contributed by atoms with E-state index in [2.05, 4.69) is 11.8 Å². The molecule has 2 unspecified atom stereocenters. The molecular formula is C16H29NO. The number of nitrogens with zero attached hydrogens (tertiary/aromatic N) is 1. The van der Waals surface area contributed by atoms with Crippen LogP contribution in [0.25, 0.3) is 0 Å². The maximum absolute atomic E-state index is 10.1. The summed E-state index contributed by atoms with van der Waals surface area (Å²) in [5.41, 5.74) is 0.580. The Labute approximate surface area is 112 Å². The van der Waals surface area contributed by atoms with Crippen molar-refractivity contribution in [2.24, 2.45) is 5.41 Å². The molecule has 3 fully saturated rings. The van der Waals surface area contributed by atoms with Crippen LogP contribution < -0.4 is 0 Å². The van der Waals surface area contributed by atoms with E-state index in [0.29, 0.717) is 11.5 Å². The van der Waals surface area contributed by atoms with Gasteiger partial charge < -0.3 is 5.11 Å². The van der Waals surface area contributed by atoms with Crippen molar-refractivity contribution >= 4 is 0 Å². The second kappa shape index (κ2) is 5.13. The third kappa shape index (κ3) is 2.34. The van der Waals surface area contributed by atoms with E-state index >= 15 is 0 Å². The van der Waals surface area contributed by atoms with Gasteiger partial charge in [-0.15, -0.1) is 0 Å². The molecule has 2 heteroatoms. The Bertz CT molecular complexity index is 281. The smallest absolute Gasteiger partial charge is 0.0555 e. The second-order valence-corrected chi connectivity index (χ2v) is 6.98. The molecule has 0 radical (unpaired) electrons. The Kier molecular flexibility index (Phi) is 3.68. The first-order valence-corrected chi connectivity index (χ1v) is 8.19. The van der Waals surface area contributed by atoms with Gasteiger partial charge in [0.2, 0.25) is 0 Å². The summed E-state index contributed by atoms with van der Waals surface area (Å²) in [6.07, 6.45) is 13.1. The number of rotatable bonds is 4. The zero-order valence-electron chi connectivity index (χ0n) is 11.9. The summed E-state index contributed by atoms with van der Waals surface area (Å²) in [6, 6.07) is 1.55. The van der Waals surface area contributed by atoms with Crippen LogP contribution in [0.1, 0.15) is 71.1 Å². The molecule has 0 aromatic carbocycles. The van der Waals surface area contributed by atoms with E-state index in [4.69, 9.17) is 0 Å². The Balaban J connectivity index is 1.79. The summed E-state index contributed by atoms with van der Waals surface area (Å²) in [5.74, 6) is 0. The van der Waals surface area contributed by atoms with E-state index in [1.807, 2.05) is 0 Å². The van der Waals surface area contributed by atoms with Crippen molar-refractivity contribution in [3.8, 4) is 0 Å². The summed E-state index contributed by atoms with van der Waals surface area (Å²) in [6.45, 7) is 3.56. The molecule has 0 aromatic heterocycles. The number of hydrogen-bond donors (Lipinski definition) is 1. The van der Waals surface area contributed by atoms with Gasteiger partial charge in [-0.2, -0.15) is 0 Å². The molecule has 3 saturated carbocycles. The molecule has 0 heterocycles. The van der Waals surface area contributed by atoms with Gasteiger partial charge in [-0.3, -0.25) is 4.90 Å². The van der Waals surface area contributed by atoms with Crippen LogP contribution in [-0.2, 0) is 0 Å². The van der Waals surface area contributed by atoms with Crippen LogP contribution in [0.5, 0.6) is 0 Å². The molecule has 1 spiro atoms. The van der Waals surface area contributed by atoms with Crippen LogP contribution in [-0.4, -0.2) is 34.7 Å². The highest BCUT2D eigenvalue weighted by molar-refractivity contribution is 5.03. The lowest BCUT2D eigenvalue weighted by Crippen LogP contribution is -2.52. The normalized spacial score (nSPS) is 35.5. The van der Waals surface area contributed by atoms with E-state index in [0.717, 1.165) is 18.9 Å². The Morgan fingerprint density at radius 3 is 2.44 bits per heavy atom. The molecule has 3 aliphatic carbocycles. The van der Waals surface area contributed by atoms with E-state index in [1.165, 1.54) is 57.9 Å². The van der Waals surface area contributed by atoms with Gasteiger partial charge in [0.1, 0.15) is 0 Å². The largest absolute Gasteiger partial charge is 0.393 e. The zero-order valence-corrected chi connectivity index (χ0v) is 11.9. The highest BCUT2D eigenvalue weighted by Gasteiger charge is 2.49. The van der Waals surface area contributed by atoms with Crippen molar-refractivity contribution in [1.82, 2.24) is 4.90 Å². The summed E-state index contributed by atoms with van der Waals surface area (Å²) in [7, 11) is 0. The van der Waals surface area contributed by atoms with Crippen LogP contribution in [0.4, 0.5) is 0 Å². The molecule has 18 heavy (non-hydrogen) atoms. The Hall–Kier alpha value is -0.0800. The van der Waals surface area contributed by atoms with Gasteiger partial charge in [0, 0.05) is 12.1 Å². The average Bonchev–Trinajstić information content (AvgIpc) is 3.10. The topological polar surface area (TPSA) is 23.5 Å². The summed E-state index contributed by atoms with van der Waals surface area (Å²) < 4.78 is 0. The third-order valence-corrected chi connectivity index (χ3v) is 5.68. The fraction of sp³-hybridized carbons (Fsp3) is 1.00. The van der Waals surface area contributed by atoms with Crippen molar-refractivity contribution in [2.75, 3.05) is 6.54 Å². The summed E-state index contributed by atoms with van der Waals surface area (Å²) in [5, 5.41) is 10.1. The zero-order chi connectivity index (χ0) is 12.6. The van der Waals surface area contributed by atoms with Gasteiger partial charge in [-0.25, -0.2) is 0 Å². The molecule has 3 aliphatic rings. The average molecular weight is 251 g/mol. The minimum absolute atomic E-state index is 0.0284.